The fraction of sp³-hybridized carbons (Fsp3) is 0.917. The van der Waals surface area contributed by atoms with Crippen LogP contribution >= 0.6 is 0 Å². The lowest BCUT2D eigenvalue weighted by Crippen LogP contribution is -2.53. The van der Waals surface area contributed by atoms with Gasteiger partial charge in [-0.25, -0.2) is 13.1 Å². The maximum atomic E-state index is 11.7. The smallest absolute Gasteiger partial charge is 0.235 e. The molecule has 20 heavy (non-hydrogen) atoms. The van der Waals surface area contributed by atoms with Crippen LogP contribution in [0.25, 0.3) is 0 Å². The number of nitrogens with one attached hydrogen (secondary N) is 3. The standard InChI is InChI=1S/C12H25N3O4S/c1-3-19-7-8-20(17,18)14-9-12(16)15-11-5-4-6-13-10(11)2/h10-11,13-14H,3-9H2,1-2H3,(H,15,16). The summed E-state index contributed by atoms with van der Waals surface area (Å²) in [4.78, 5) is 11.7. The number of ether oxygens (including phenoxy) is 1. The Morgan fingerprint density at radius 2 is 2.20 bits per heavy atom. The van der Waals surface area contributed by atoms with Crippen molar-refractivity contribution in [2.24, 2.45) is 0 Å². The Hall–Kier alpha value is -0.700. The van der Waals surface area contributed by atoms with E-state index in [1.54, 1.807) is 6.92 Å². The van der Waals surface area contributed by atoms with E-state index in [1.807, 2.05) is 6.92 Å². The van der Waals surface area contributed by atoms with Crippen molar-refractivity contribution in [1.29, 1.82) is 0 Å². The van der Waals surface area contributed by atoms with Gasteiger partial charge < -0.3 is 15.4 Å². The Morgan fingerprint density at radius 1 is 1.45 bits per heavy atom. The molecule has 118 valence electrons. The third-order valence-corrected chi connectivity index (χ3v) is 4.55. The molecular formula is C12H25N3O4S. The van der Waals surface area contributed by atoms with E-state index >= 15 is 0 Å². The number of amides is 1. The van der Waals surface area contributed by atoms with E-state index < -0.39 is 10.0 Å². The summed E-state index contributed by atoms with van der Waals surface area (Å²) in [6, 6.07) is 0.270. The summed E-state index contributed by atoms with van der Waals surface area (Å²) in [5, 5.41) is 6.12. The van der Waals surface area contributed by atoms with Crippen molar-refractivity contribution in [1.82, 2.24) is 15.4 Å². The summed E-state index contributed by atoms with van der Waals surface area (Å²) in [6.45, 7) is 5.15. The van der Waals surface area contributed by atoms with Crippen molar-refractivity contribution in [3.8, 4) is 0 Å². The molecule has 1 saturated heterocycles. The number of sulfonamides is 1. The Balaban J connectivity index is 2.28. The summed E-state index contributed by atoms with van der Waals surface area (Å²) in [5.74, 6) is -0.430. The molecule has 0 radical (unpaired) electrons. The lowest BCUT2D eigenvalue weighted by atomic mass is 10.00. The van der Waals surface area contributed by atoms with E-state index in [-0.39, 0.29) is 36.9 Å². The predicted octanol–water partition coefficient (Wildman–Crippen LogP) is -0.801. The van der Waals surface area contributed by atoms with E-state index in [1.165, 1.54) is 0 Å². The number of rotatable bonds is 8. The maximum Gasteiger partial charge on any atom is 0.235 e. The van der Waals surface area contributed by atoms with Gasteiger partial charge in [0.25, 0.3) is 0 Å². The Kier molecular flexibility index (Phi) is 7.42. The molecule has 0 spiro atoms. The van der Waals surface area contributed by atoms with Crippen LogP contribution < -0.4 is 15.4 Å². The number of hydrogen-bond donors (Lipinski definition) is 3. The topological polar surface area (TPSA) is 96.5 Å². The van der Waals surface area contributed by atoms with Gasteiger partial charge in [0.2, 0.25) is 15.9 Å². The van der Waals surface area contributed by atoms with Gasteiger partial charge in [-0.1, -0.05) is 0 Å². The zero-order valence-electron chi connectivity index (χ0n) is 12.1. The first-order valence-corrected chi connectivity index (χ1v) is 8.67. The molecule has 0 aromatic heterocycles. The van der Waals surface area contributed by atoms with Crippen LogP contribution in [0.1, 0.15) is 26.7 Å². The molecule has 1 aliphatic rings. The molecule has 0 aromatic rings. The Bertz CT molecular complexity index is 400. The van der Waals surface area contributed by atoms with Gasteiger partial charge in [-0.15, -0.1) is 0 Å². The monoisotopic (exact) mass is 307 g/mol. The molecule has 0 aliphatic carbocycles. The fourth-order valence-electron chi connectivity index (χ4n) is 2.06. The third kappa shape index (κ3) is 6.65. The molecular weight excluding hydrogens is 282 g/mol. The normalized spacial score (nSPS) is 23.5. The minimum absolute atomic E-state index is 0.0594. The first kappa shape index (κ1) is 17.4. The molecule has 1 aliphatic heterocycles. The maximum absolute atomic E-state index is 11.7. The number of carbonyl (C=O) groups is 1. The second-order valence-electron chi connectivity index (χ2n) is 4.90. The Labute approximate surface area is 120 Å². The van der Waals surface area contributed by atoms with Gasteiger partial charge in [0, 0.05) is 18.7 Å². The number of hydrogen-bond acceptors (Lipinski definition) is 5. The molecule has 2 unspecified atom stereocenters. The first-order valence-electron chi connectivity index (χ1n) is 7.02. The van der Waals surface area contributed by atoms with Crippen LogP contribution in [-0.4, -0.2) is 58.5 Å². The molecule has 0 saturated carbocycles. The van der Waals surface area contributed by atoms with Crippen LogP contribution in [0.3, 0.4) is 0 Å². The van der Waals surface area contributed by atoms with E-state index in [9.17, 15) is 13.2 Å². The number of piperidine rings is 1. The van der Waals surface area contributed by atoms with Crippen molar-refractivity contribution < 1.29 is 17.9 Å². The lowest BCUT2D eigenvalue weighted by Gasteiger charge is -2.30. The predicted molar refractivity (Wildman–Crippen MR) is 76.9 cm³/mol. The molecule has 7 nitrogen and oxygen atoms in total. The molecule has 1 fully saturated rings. The van der Waals surface area contributed by atoms with Gasteiger partial charge in [0.15, 0.2) is 0 Å². The van der Waals surface area contributed by atoms with E-state index in [0.29, 0.717) is 6.61 Å². The van der Waals surface area contributed by atoms with Crippen molar-refractivity contribution in [2.45, 2.75) is 38.8 Å². The van der Waals surface area contributed by atoms with Gasteiger partial charge in [-0.05, 0) is 33.2 Å². The van der Waals surface area contributed by atoms with E-state index in [2.05, 4.69) is 15.4 Å². The highest BCUT2D eigenvalue weighted by Gasteiger charge is 2.22. The largest absolute Gasteiger partial charge is 0.381 e. The molecule has 0 aromatic carbocycles. The summed E-state index contributed by atoms with van der Waals surface area (Å²) in [6.07, 6.45) is 1.92. The van der Waals surface area contributed by atoms with Crippen LogP contribution in [0.2, 0.25) is 0 Å². The average molecular weight is 307 g/mol. The quantitative estimate of drug-likeness (QED) is 0.510. The van der Waals surface area contributed by atoms with Gasteiger partial charge >= 0.3 is 0 Å². The molecule has 1 rings (SSSR count). The highest BCUT2D eigenvalue weighted by atomic mass is 32.2. The summed E-state index contributed by atoms with van der Waals surface area (Å²) in [5.41, 5.74) is 0. The summed E-state index contributed by atoms with van der Waals surface area (Å²) in [7, 11) is -3.45. The minimum atomic E-state index is -3.45. The molecule has 1 heterocycles. The Morgan fingerprint density at radius 3 is 2.85 bits per heavy atom. The second-order valence-corrected chi connectivity index (χ2v) is 6.82. The van der Waals surface area contributed by atoms with E-state index in [4.69, 9.17) is 4.74 Å². The average Bonchev–Trinajstić information content (AvgIpc) is 2.40. The van der Waals surface area contributed by atoms with Crippen LogP contribution in [0.15, 0.2) is 0 Å². The molecule has 8 heteroatoms. The van der Waals surface area contributed by atoms with Gasteiger partial charge in [-0.3, -0.25) is 4.79 Å². The number of carbonyl (C=O) groups excluding carboxylic acids is 1. The van der Waals surface area contributed by atoms with Crippen LogP contribution in [0.5, 0.6) is 0 Å². The fourth-order valence-corrected chi connectivity index (χ4v) is 2.89. The molecule has 2 atom stereocenters. The summed E-state index contributed by atoms with van der Waals surface area (Å²) < 4.78 is 30.4. The first-order chi connectivity index (χ1) is 9.44. The van der Waals surface area contributed by atoms with Crippen molar-refractivity contribution in [3.05, 3.63) is 0 Å². The van der Waals surface area contributed by atoms with Crippen molar-refractivity contribution in [3.63, 3.8) is 0 Å². The van der Waals surface area contributed by atoms with Crippen LogP contribution in [0.4, 0.5) is 0 Å². The SMILES string of the molecule is CCOCCS(=O)(=O)NCC(=O)NC1CCCNC1C. The molecule has 1 amide bonds. The highest BCUT2D eigenvalue weighted by Crippen LogP contribution is 2.07. The highest BCUT2D eigenvalue weighted by molar-refractivity contribution is 7.89. The third-order valence-electron chi connectivity index (χ3n) is 3.26. The van der Waals surface area contributed by atoms with Crippen molar-refractivity contribution >= 4 is 15.9 Å². The van der Waals surface area contributed by atoms with Crippen molar-refractivity contribution in [2.75, 3.05) is 32.1 Å². The molecule has 3 N–H and O–H groups in total. The zero-order chi connectivity index (χ0) is 15.0. The molecule has 0 bridgehead atoms. The van der Waals surface area contributed by atoms with Gasteiger partial charge in [0.1, 0.15) is 0 Å². The van der Waals surface area contributed by atoms with Gasteiger partial charge in [-0.2, -0.15) is 0 Å². The lowest BCUT2D eigenvalue weighted by molar-refractivity contribution is -0.121. The van der Waals surface area contributed by atoms with Crippen LogP contribution in [-0.2, 0) is 19.6 Å². The minimum Gasteiger partial charge on any atom is -0.381 e. The summed E-state index contributed by atoms with van der Waals surface area (Å²) >= 11 is 0. The zero-order valence-corrected chi connectivity index (χ0v) is 13.0. The second kappa shape index (κ2) is 8.56. The van der Waals surface area contributed by atoms with Gasteiger partial charge in [0.05, 0.1) is 18.9 Å². The van der Waals surface area contributed by atoms with E-state index in [0.717, 1.165) is 19.4 Å². The van der Waals surface area contributed by atoms with Crippen LogP contribution in [0, 0.1) is 0 Å².